The third kappa shape index (κ3) is 3.72. The van der Waals surface area contributed by atoms with Crippen LogP contribution in [0.5, 0.6) is 0 Å². The molecule has 3 aromatic heterocycles. The van der Waals surface area contributed by atoms with Gasteiger partial charge >= 0.3 is 5.69 Å². The number of aryl methyl sites for hydroxylation is 3. The first-order valence-electron chi connectivity index (χ1n) is 11.0. The van der Waals surface area contributed by atoms with E-state index in [0.29, 0.717) is 37.5 Å². The van der Waals surface area contributed by atoms with Crippen molar-refractivity contribution >= 4 is 16.9 Å². The molecule has 9 heteroatoms. The van der Waals surface area contributed by atoms with Gasteiger partial charge in [-0.1, -0.05) is 26.2 Å². The summed E-state index contributed by atoms with van der Waals surface area (Å²) in [6.07, 6.45) is 6.62. The topological polar surface area (TPSA) is 78.7 Å². The molecule has 4 heterocycles. The van der Waals surface area contributed by atoms with Gasteiger partial charge in [0.2, 0.25) is 5.78 Å². The van der Waals surface area contributed by atoms with Gasteiger partial charge < -0.3 is 9.30 Å². The van der Waals surface area contributed by atoms with Crippen molar-refractivity contribution in [1.29, 1.82) is 0 Å². The molecule has 1 aliphatic heterocycles. The van der Waals surface area contributed by atoms with E-state index < -0.39 is 0 Å². The molecule has 0 aromatic carbocycles. The lowest BCUT2D eigenvalue weighted by atomic mass is 10.2. The molecule has 0 bridgehead atoms. The number of fused-ring (bicyclic) bond motifs is 3. The average molecular weight is 417 g/mol. The Balaban J connectivity index is 1.72. The summed E-state index contributed by atoms with van der Waals surface area (Å²) < 4.78 is 12.2. The number of imidazole rings is 2. The Morgan fingerprint density at radius 2 is 1.80 bits per heavy atom. The van der Waals surface area contributed by atoms with Crippen molar-refractivity contribution in [3.05, 3.63) is 32.7 Å². The van der Waals surface area contributed by atoms with Crippen molar-refractivity contribution in [2.45, 2.75) is 52.6 Å². The summed E-state index contributed by atoms with van der Waals surface area (Å²) in [6.45, 7) is 9.17. The second kappa shape index (κ2) is 8.77. The standard InChI is InChI=1S/C21H32N6O3/c1-4-5-6-7-8-25-16(2)15-27-17-18(22-20(25)27)23(3)21(29)26(19(17)28)10-9-24-11-13-30-14-12-24/h15H,4-14H2,1-3H3. The highest BCUT2D eigenvalue weighted by molar-refractivity contribution is 5.75. The zero-order valence-electron chi connectivity index (χ0n) is 18.3. The minimum atomic E-state index is -0.312. The van der Waals surface area contributed by atoms with Crippen LogP contribution in [0, 0.1) is 6.92 Å². The van der Waals surface area contributed by atoms with Crippen molar-refractivity contribution in [1.82, 2.24) is 28.0 Å². The molecule has 1 fully saturated rings. The van der Waals surface area contributed by atoms with Gasteiger partial charge in [0, 0.05) is 51.7 Å². The van der Waals surface area contributed by atoms with Gasteiger partial charge in [0.1, 0.15) is 0 Å². The molecule has 1 saturated heterocycles. The largest absolute Gasteiger partial charge is 0.379 e. The molecule has 0 aliphatic carbocycles. The molecule has 0 atom stereocenters. The quantitative estimate of drug-likeness (QED) is 0.518. The monoisotopic (exact) mass is 416 g/mol. The van der Waals surface area contributed by atoms with Gasteiger partial charge in [0.15, 0.2) is 11.2 Å². The predicted octanol–water partition coefficient (Wildman–Crippen LogP) is 1.37. The van der Waals surface area contributed by atoms with E-state index in [-0.39, 0.29) is 11.2 Å². The first-order chi connectivity index (χ1) is 14.5. The van der Waals surface area contributed by atoms with E-state index in [2.05, 4.69) is 16.4 Å². The number of aromatic nitrogens is 5. The van der Waals surface area contributed by atoms with Crippen molar-refractivity contribution in [3.8, 4) is 0 Å². The molecule has 0 unspecified atom stereocenters. The Hall–Kier alpha value is -2.39. The van der Waals surface area contributed by atoms with Crippen LogP contribution < -0.4 is 11.2 Å². The molecule has 0 spiro atoms. The van der Waals surface area contributed by atoms with Gasteiger partial charge in [0.05, 0.1) is 13.2 Å². The Labute approximate surface area is 175 Å². The number of nitrogens with zero attached hydrogens (tertiary/aromatic N) is 6. The zero-order valence-corrected chi connectivity index (χ0v) is 18.3. The van der Waals surface area contributed by atoms with Crippen molar-refractivity contribution in [3.63, 3.8) is 0 Å². The van der Waals surface area contributed by atoms with Crippen LogP contribution in [0.1, 0.15) is 38.3 Å². The van der Waals surface area contributed by atoms with Gasteiger partial charge in [0.25, 0.3) is 5.56 Å². The van der Waals surface area contributed by atoms with Gasteiger partial charge in [-0.15, -0.1) is 0 Å². The zero-order chi connectivity index (χ0) is 21.3. The fraction of sp³-hybridized carbons (Fsp3) is 0.667. The number of rotatable bonds is 8. The van der Waals surface area contributed by atoms with E-state index in [1.807, 2.05) is 17.5 Å². The van der Waals surface area contributed by atoms with Crippen molar-refractivity contribution in [2.24, 2.45) is 7.05 Å². The van der Waals surface area contributed by atoms with E-state index in [1.54, 1.807) is 7.05 Å². The third-order valence-electron chi connectivity index (χ3n) is 6.12. The highest BCUT2D eigenvalue weighted by Gasteiger charge is 2.20. The smallest absolute Gasteiger partial charge is 0.332 e. The molecule has 4 rings (SSSR count). The van der Waals surface area contributed by atoms with Gasteiger partial charge in [-0.05, 0) is 13.3 Å². The summed E-state index contributed by atoms with van der Waals surface area (Å²) in [7, 11) is 1.69. The summed E-state index contributed by atoms with van der Waals surface area (Å²) in [5.41, 5.74) is 1.42. The number of hydrogen-bond acceptors (Lipinski definition) is 5. The molecule has 0 N–H and O–H groups in total. The second-order valence-electron chi connectivity index (χ2n) is 8.19. The summed E-state index contributed by atoms with van der Waals surface area (Å²) in [5.74, 6) is 0.733. The Kier molecular flexibility index (Phi) is 6.10. The van der Waals surface area contributed by atoms with Crippen LogP contribution in [0.25, 0.3) is 16.9 Å². The summed E-state index contributed by atoms with van der Waals surface area (Å²) >= 11 is 0. The molecular formula is C21H32N6O3. The lowest BCUT2D eigenvalue weighted by molar-refractivity contribution is 0.0361. The van der Waals surface area contributed by atoms with Gasteiger partial charge in [-0.3, -0.25) is 23.2 Å². The molecule has 0 saturated carbocycles. The number of hydrogen-bond donors (Lipinski definition) is 0. The van der Waals surface area contributed by atoms with Crippen molar-refractivity contribution < 1.29 is 4.74 Å². The summed E-state index contributed by atoms with van der Waals surface area (Å²) in [5, 5.41) is 0. The van der Waals surface area contributed by atoms with Crippen LogP contribution in [0.3, 0.4) is 0 Å². The second-order valence-corrected chi connectivity index (χ2v) is 8.19. The molecular weight excluding hydrogens is 384 g/mol. The van der Waals surface area contributed by atoms with Crippen LogP contribution >= 0.6 is 0 Å². The van der Waals surface area contributed by atoms with E-state index in [4.69, 9.17) is 9.72 Å². The van der Waals surface area contributed by atoms with Crippen LogP contribution in [0.4, 0.5) is 0 Å². The number of ether oxygens (including phenoxy) is 1. The highest BCUT2D eigenvalue weighted by Crippen LogP contribution is 2.17. The first-order valence-corrected chi connectivity index (χ1v) is 11.0. The fourth-order valence-corrected chi connectivity index (χ4v) is 4.29. The lowest BCUT2D eigenvalue weighted by Crippen LogP contribution is -2.44. The van der Waals surface area contributed by atoms with Gasteiger partial charge in [-0.2, -0.15) is 4.98 Å². The minimum Gasteiger partial charge on any atom is -0.379 e. The fourth-order valence-electron chi connectivity index (χ4n) is 4.29. The van der Waals surface area contributed by atoms with Crippen LogP contribution in [0.15, 0.2) is 15.8 Å². The van der Waals surface area contributed by atoms with Crippen LogP contribution in [-0.2, 0) is 24.9 Å². The maximum Gasteiger partial charge on any atom is 0.332 e. The van der Waals surface area contributed by atoms with E-state index in [9.17, 15) is 9.59 Å². The van der Waals surface area contributed by atoms with Crippen LogP contribution in [0.2, 0.25) is 0 Å². The molecule has 3 aromatic rings. The lowest BCUT2D eigenvalue weighted by Gasteiger charge is -2.26. The Morgan fingerprint density at radius 3 is 2.53 bits per heavy atom. The van der Waals surface area contributed by atoms with E-state index in [1.165, 1.54) is 28.4 Å². The summed E-state index contributed by atoms with van der Waals surface area (Å²) in [6, 6.07) is 0. The average Bonchev–Trinajstić information content (AvgIpc) is 3.25. The Morgan fingerprint density at radius 1 is 1.03 bits per heavy atom. The SMILES string of the molecule is CCCCCCn1c(C)cn2c3c(=O)n(CCN4CCOCC4)c(=O)n(C)c3nc12. The maximum absolute atomic E-state index is 13.3. The first kappa shape index (κ1) is 20.9. The third-order valence-corrected chi connectivity index (χ3v) is 6.12. The predicted molar refractivity (Wildman–Crippen MR) is 116 cm³/mol. The van der Waals surface area contributed by atoms with Crippen molar-refractivity contribution in [2.75, 3.05) is 32.8 Å². The molecule has 9 nitrogen and oxygen atoms in total. The molecule has 164 valence electrons. The Bertz CT molecular complexity index is 1150. The molecule has 0 radical (unpaired) electrons. The maximum atomic E-state index is 13.3. The molecule has 1 aliphatic rings. The van der Waals surface area contributed by atoms with E-state index in [0.717, 1.165) is 37.5 Å². The van der Waals surface area contributed by atoms with Crippen LogP contribution in [-0.4, -0.2) is 60.8 Å². The molecule has 30 heavy (non-hydrogen) atoms. The van der Waals surface area contributed by atoms with E-state index >= 15 is 0 Å². The number of morpholine rings is 1. The summed E-state index contributed by atoms with van der Waals surface area (Å²) in [4.78, 5) is 33.1. The number of unbranched alkanes of at least 4 members (excludes halogenated alkanes) is 3. The van der Waals surface area contributed by atoms with Gasteiger partial charge in [-0.25, -0.2) is 4.79 Å². The highest BCUT2D eigenvalue weighted by atomic mass is 16.5. The molecule has 0 amide bonds. The minimum absolute atomic E-state index is 0.267. The normalized spacial score (nSPS) is 15.6.